The van der Waals surface area contributed by atoms with Crippen molar-refractivity contribution in [2.45, 2.75) is 6.42 Å². The maximum Gasteiger partial charge on any atom is 0.309 e. The Bertz CT molecular complexity index is 316. The van der Waals surface area contributed by atoms with Crippen molar-refractivity contribution in [3.05, 3.63) is 27.3 Å². The number of halogens is 2. The van der Waals surface area contributed by atoms with E-state index in [4.69, 9.17) is 5.11 Å². The fourth-order valence-corrected chi connectivity index (χ4v) is 1.20. The maximum atomic E-state index is 12.6. The van der Waals surface area contributed by atoms with E-state index in [1.54, 1.807) is 22.6 Å². The third kappa shape index (κ3) is 2.40. The second kappa shape index (κ2) is 3.79. The molecule has 3 nitrogen and oxygen atoms in total. The smallest absolute Gasteiger partial charge is 0.309 e. The van der Waals surface area contributed by atoms with Gasteiger partial charge in [-0.05, 0) is 28.7 Å². The summed E-state index contributed by atoms with van der Waals surface area (Å²) < 4.78 is 13.0. The Morgan fingerprint density at radius 1 is 1.75 bits per heavy atom. The van der Waals surface area contributed by atoms with Crippen LogP contribution in [-0.4, -0.2) is 16.1 Å². The summed E-state index contributed by atoms with van der Waals surface area (Å²) in [6.07, 6.45) is 0.857. The number of hydrogen-bond acceptors (Lipinski definition) is 2. The summed E-state index contributed by atoms with van der Waals surface area (Å²) in [7, 11) is 0. The minimum atomic E-state index is -0.968. The molecule has 0 bridgehead atoms. The van der Waals surface area contributed by atoms with E-state index in [0.717, 1.165) is 6.20 Å². The molecule has 1 rings (SSSR count). The third-order valence-corrected chi connectivity index (χ3v) is 2.02. The molecule has 0 radical (unpaired) electrons. The second-order valence-corrected chi connectivity index (χ2v) is 3.32. The largest absolute Gasteiger partial charge is 0.481 e. The molecule has 1 N–H and O–H groups in total. The van der Waals surface area contributed by atoms with Crippen LogP contribution in [0.5, 0.6) is 0 Å². The molecule has 12 heavy (non-hydrogen) atoms. The van der Waals surface area contributed by atoms with Crippen LogP contribution >= 0.6 is 22.6 Å². The Kier molecular flexibility index (Phi) is 2.96. The third-order valence-electron chi connectivity index (χ3n) is 1.20. The lowest BCUT2D eigenvalue weighted by Gasteiger charge is -1.97. The van der Waals surface area contributed by atoms with E-state index in [1.807, 2.05) is 0 Å². The Morgan fingerprint density at radius 3 is 2.92 bits per heavy atom. The van der Waals surface area contributed by atoms with Crippen molar-refractivity contribution in [3.63, 3.8) is 0 Å². The van der Waals surface area contributed by atoms with Crippen molar-refractivity contribution in [2.24, 2.45) is 0 Å². The molecule has 0 spiro atoms. The standard InChI is InChI=1S/C7H5FINO2/c8-5-3-10-4(1-6(5)9)2-7(11)12/h1,3H,2H2,(H,11,12). The minimum Gasteiger partial charge on any atom is -0.481 e. The number of aromatic nitrogens is 1. The fourth-order valence-electron chi connectivity index (χ4n) is 0.705. The molecule has 1 aromatic heterocycles. The molecule has 0 aromatic carbocycles. The molecular formula is C7H5FINO2. The maximum absolute atomic E-state index is 12.6. The molecule has 0 saturated heterocycles. The average Bonchev–Trinajstić information content (AvgIpc) is 1.96. The first-order valence-electron chi connectivity index (χ1n) is 3.11. The van der Waals surface area contributed by atoms with Gasteiger partial charge in [0, 0.05) is 0 Å². The molecule has 0 aliphatic carbocycles. The van der Waals surface area contributed by atoms with Gasteiger partial charge in [0.25, 0.3) is 0 Å². The topological polar surface area (TPSA) is 50.2 Å². The molecule has 0 aliphatic heterocycles. The van der Waals surface area contributed by atoms with Gasteiger partial charge in [0.2, 0.25) is 0 Å². The van der Waals surface area contributed by atoms with Gasteiger partial charge in [-0.3, -0.25) is 9.78 Å². The van der Waals surface area contributed by atoms with Crippen molar-refractivity contribution < 1.29 is 14.3 Å². The van der Waals surface area contributed by atoms with Crippen molar-refractivity contribution in [1.29, 1.82) is 0 Å². The van der Waals surface area contributed by atoms with E-state index in [-0.39, 0.29) is 6.42 Å². The van der Waals surface area contributed by atoms with Crippen LogP contribution in [-0.2, 0) is 11.2 Å². The molecule has 5 heteroatoms. The summed E-state index contributed by atoms with van der Waals surface area (Å²) in [5, 5.41) is 8.39. The van der Waals surface area contributed by atoms with Crippen LogP contribution in [0.2, 0.25) is 0 Å². The van der Waals surface area contributed by atoms with Crippen molar-refractivity contribution in [2.75, 3.05) is 0 Å². The summed E-state index contributed by atoms with van der Waals surface area (Å²) in [4.78, 5) is 13.8. The molecule has 0 fully saturated rings. The molecule has 0 saturated carbocycles. The second-order valence-electron chi connectivity index (χ2n) is 2.16. The SMILES string of the molecule is O=C(O)Cc1cc(I)c(F)cn1. The number of nitrogens with zero attached hydrogens (tertiary/aromatic N) is 1. The van der Waals surface area contributed by atoms with Gasteiger partial charge in [0.15, 0.2) is 5.82 Å². The number of carboxylic acids is 1. The van der Waals surface area contributed by atoms with Crippen molar-refractivity contribution in [1.82, 2.24) is 4.98 Å². The number of carbonyl (C=O) groups is 1. The predicted molar refractivity (Wildman–Crippen MR) is 48.3 cm³/mol. The molecule has 1 aromatic rings. The van der Waals surface area contributed by atoms with Crippen LogP contribution in [0.1, 0.15) is 5.69 Å². The van der Waals surface area contributed by atoms with Gasteiger partial charge >= 0.3 is 5.97 Å². The van der Waals surface area contributed by atoms with E-state index in [2.05, 4.69) is 4.98 Å². The van der Waals surface area contributed by atoms with E-state index in [1.165, 1.54) is 6.07 Å². The molecule has 0 unspecified atom stereocenters. The molecule has 0 aliphatic rings. The minimum absolute atomic E-state index is 0.170. The zero-order valence-corrected chi connectivity index (χ0v) is 8.08. The fraction of sp³-hybridized carbons (Fsp3) is 0.143. The van der Waals surface area contributed by atoms with Gasteiger partial charge in [0.1, 0.15) is 0 Å². The first kappa shape index (κ1) is 9.37. The van der Waals surface area contributed by atoms with Crippen molar-refractivity contribution in [3.8, 4) is 0 Å². The van der Waals surface area contributed by atoms with Crippen LogP contribution in [0, 0.1) is 9.39 Å². The predicted octanol–water partition coefficient (Wildman–Crippen LogP) is 1.45. The highest BCUT2D eigenvalue weighted by molar-refractivity contribution is 14.1. The Morgan fingerprint density at radius 2 is 2.42 bits per heavy atom. The number of rotatable bonds is 2. The molecular weight excluding hydrogens is 276 g/mol. The normalized spacial score (nSPS) is 9.83. The summed E-state index contributed by atoms with van der Waals surface area (Å²) in [5.74, 6) is -1.39. The summed E-state index contributed by atoms with van der Waals surface area (Å²) in [6, 6.07) is 1.42. The Hall–Kier alpha value is -0.720. The monoisotopic (exact) mass is 281 g/mol. The van der Waals surface area contributed by atoms with Gasteiger partial charge in [-0.15, -0.1) is 0 Å². The summed E-state index contributed by atoms with van der Waals surface area (Å²) in [6.45, 7) is 0. The number of hydrogen-bond donors (Lipinski definition) is 1. The van der Waals surface area contributed by atoms with Crippen LogP contribution in [0.3, 0.4) is 0 Å². The number of pyridine rings is 1. The number of aliphatic carboxylic acids is 1. The zero-order valence-electron chi connectivity index (χ0n) is 5.92. The summed E-state index contributed by atoms with van der Waals surface area (Å²) in [5.41, 5.74) is 0.369. The van der Waals surface area contributed by atoms with Crippen LogP contribution < -0.4 is 0 Å². The quantitative estimate of drug-likeness (QED) is 0.835. The van der Waals surface area contributed by atoms with Gasteiger partial charge in [-0.25, -0.2) is 4.39 Å². The lowest BCUT2D eigenvalue weighted by atomic mass is 10.3. The van der Waals surface area contributed by atoms with Gasteiger partial charge < -0.3 is 5.11 Å². The highest BCUT2D eigenvalue weighted by Gasteiger charge is 2.04. The first-order chi connectivity index (χ1) is 5.59. The van der Waals surface area contributed by atoms with E-state index in [0.29, 0.717) is 9.26 Å². The molecule has 64 valence electrons. The Labute approximate surface area is 81.8 Å². The van der Waals surface area contributed by atoms with E-state index >= 15 is 0 Å². The summed E-state index contributed by atoms with van der Waals surface area (Å²) >= 11 is 1.79. The van der Waals surface area contributed by atoms with Crippen LogP contribution in [0.25, 0.3) is 0 Å². The van der Waals surface area contributed by atoms with Gasteiger partial charge in [0.05, 0.1) is 21.9 Å². The zero-order chi connectivity index (χ0) is 9.14. The van der Waals surface area contributed by atoms with Gasteiger partial charge in [-0.1, -0.05) is 0 Å². The molecule has 0 amide bonds. The van der Waals surface area contributed by atoms with E-state index < -0.39 is 11.8 Å². The van der Waals surface area contributed by atoms with Crippen LogP contribution in [0.15, 0.2) is 12.3 Å². The number of carboxylic acid groups (broad SMARTS) is 1. The highest BCUT2D eigenvalue weighted by atomic mass is 127. The molecule has 0 atom stereocenters. The lowest BCUT2D eigenvalue weighted by molar-refractivity contribution is -0.136. The average molecular weight is 281 g/mol. The molecule has 1 heterocycles. The lowest BCUT2D eigenvalue weighted by Crippen LogP contribution is -2.03. The first-order valence-corrected chi connectivity index (χ1v) is 4.19. The Balaban J connectivity index is 2.89. The van der Waals surface area contributed by atoms with Gasteiger partial charge in [-0.2, -0.15) is 0 Å². The highest BCUT2D eigenvalue weighted by Crippen LogP contribution is 2.10. The van der Waals surface area contributed by atoms with Crippen molar-refractivity contribution >= 4 is 28.6 Å². The van der Waals surface area contributed by atoms with Crippen LogP contribution in [0.4, 0.5) is 4.39 Å². The van der Waals surface area contributed by atoms with E-state index in [9.17, 15) is 9.18 Å².